The Bertz CT molecular complexity index is 692. The number of H-pyrrole nitrogens is 1. The van der Waals surface area contributed by atoms with Crippen LogP contribution in [-0.2, 0) is 5.75 Å². The van der Waals surface area contributed by atoms with Crippen molar-refractivity contribution in [3.8, 4) is 0 Å². The molecule has 20 heavy (non-hydrogen) atoms. The summed E-state index contributed by atoms with van der Waals surface area (Å²) < 4.78 is 0. The third kappa shape index (κ3) is 3.57. The van der Waals surface area contributed by atoms with Crippen molar-refractivity contribution in [1.29, 1.82) is 0 Å². The van der Waals surface area contributed by atoms with E-state index in [-0.39, 0.29) is 5.56 Å². The molecule has 5 heteroatoms. The molecule has 0 aliphatic heterocycles. The maximum Gasteiger partial charge on any atom is 0.251 e. The van der Waals surface area contributed by atoms with E-state index in [4.69, 9.17) is 0 Å². The van der Waals surface area contributed by atoms with E-state index in [0.29, 0.717) is 5.16 Å². The van der Waals surface area contributed by atoms with Gasteiger partial charge in [0.05, 0.1) is 0 Å². The number of nitrogens with one attached hydrogen (secondary N) is 1. The van der Waals surface area contributed by atoms with Gasteiger partial charge in [0.1, 0.15) is 0 Å². The molecule has 0 bridgehead atoms. The van der Waals surface area contributed by atoms with Crippen LogP contribution in [0.15, 0.2) is 34.4 Å². The smallest absolute Gasteiger partial charge is 0.251 e. The van der Waals surface area contributed by atoms with Crippen molar-refractivity contribution in [3.63, 3.8) is 0 Å². The third-order valence-corrected chi connectivity index (χ3v) is 3.75. The topological polar surface area (TPSA) is 58.6 Å². The number of hydrogen-bond acceptors (Lipinski definition) is 4. The maximum absolute atomic E-state index is 11.4. The lowest BCUT2D eigenvalue weighted by Crippen LogP contribution is -2.08. The van der Waals surface area contributed by atoms with Crippen molar-refractivity contribution in [2.75, 3.05) is 0 Å². The van der Waals surface area contributed by atoms with Gasteiger partial charge in [0.15, 0.2) is 5.16 Å². The number of pyridine rings is 1. The average Bonchev–Trinajstić information content (AvgIpc) is 2.38. The minimum atomic E-state index is -0.111. The van der Waals surface area contributed by atoms with Crippen LogP contribution in [0.25, 0.3) is 6.08 Å². The summed E-state index contributed by atoms with van der Waals surface area (Å²) in [5.41, 5.74) is 3.95. The van der Waals surface area contributed by atoms with E-state index in [9.17, 15) is 4.79 Å². The van der Waals surface area contributed by atoms with Crippen LogP contribution in [0, 0.1) is 13.8 Å². The van der Waals surface area contributed by atoms with Crippen LogP contribution in [0.2, 0.25) is 0 Å². The summed E-state index contributed by atoms with van der Waals surface area (Å²) in [4.78, 5) is 22.8. The molecule has 0 atom stereocenters. The molecule has 0 fully saturated rings. The number of aromatic amines is 1. The summed E-state index contributed by atoms with van der Waals surface area (Å²) in [6, 6.07) is 3.50. The van der Waals surface area contributed by atoms with E-state index in [0.717, 1.165) is 22.7 Å². The molecule has 2 rings (SSSR count). The van der Waals surface area contributed by atoms with Crippen LogP contribution < -0.4 is 5.56 Å². The fourth-order valence-electron chi connectivity index (χ4n) is 1.92. The number of rotatable bonds is 4. The summed E-state index contributed by atoms with van der Waals surface area (Å²) in [6.45, 7) is 5.81. The number of hydrogen-bond donors (Lipinski definition) is 1. The maximum atomic E-state index is 11.4. The van der Waals surface area contributed by atoms with Crippen LogP contribution in [0.1, 0.15) is 29.4 Å². The van der Waals surface area contributed by atoms with Gasteiger partial charge in [-0.3, -0.25) is 9.78 Å². The molecule has 4 nitrogen and oxygen atoms in total. The Morgan fingerprint density at radius 2 is 2.20 bits per heavy atom. The van der Waals surface area contributed by atoms with E-state index in [1.807, 2.05) is 39.1 Å². The fourth-order valence-corrected chi connectivity index (χ4v) is 2.84. The lowest BCUT2D eigenvalue weighted by atomic mass is 10.1. The first-order valence-corrected chi connectivity index (χ1v) is 7.36. The van der Waals surface area contributed by atoms with Crippen molar-refractivity contribution < 1.29 is 0 Å². The molecular weight excluding hydrogens is 270 g/mol. The Morgan fingerprint density at radius 3 is 2.90 bits per heavy atom. The first kappa shape index (κ1) is 14.5. The molecule has 2 aromatic rings. The quantitative estimate of drug-likeness (QED) is 0.693. The Kier molecular flexibility index (Phi) is 4.74. The number of thioether (sulfide) groups is 1. The van der Waals surface area contributed by atoms with Gasteiger partial charge in [-0.05, 0) is 38.0 Å². The minimum Gasteiger partial charge on any atom is -0.301 e. The molecule has 104 valence electrons. The summed E-state index contributed by atoms with van der Waals surface area (Å²) >= 11 is 1.52. The highest BCUT2D eigenvalue weighted by Gasteiger charge is 2.06. The summed E-state index contributed by atoms with van der Waals surface area (Å²) in [7, 11) is 0. The largest absolute Gasteiger partial charge is 0.301 e. The van der Waals surface area contributed by atoms with Crippen LogP contribution in [0.5, 0.6) is 0 Å². The van der Waals surface area contributed by atoms with E-state index in [1.165, 1.54) is 23.4 Å². The van der Waals surface area contributed by atoms with Crippen molar-refractivity contribution >= 4 is 17.8 Å². The summed E-state index contributed by atoms with van der Waals surface area (Å²) in [6.07, 6.45) is 5.88. The molecule has 0 unspecified atom stereocenters. The van der Waals surface area contributed by atoms with Crippen LogP contribution in [0.4, 0.5) is 0 Å². The van der Waals surface area contributed by atoms with Crippen molar-refractivity contribution in [1.82, 2.24) is 15.0 Å². The third-order valence-electron chi connectivity index (χ3n) is 2.83. The zero-order chi connectivity index (χ0) is 14.5. The predicted molar refractivity (Wildman–Crippen MR) is 82.8 cm³/mol. The van der Waals surface area contributed by atoms with Gasteiger partial charge in [-0.15, -0.1) is 0 Å². The molecule has 0 spiro atoms. The van der Waals surface area contributed by atoms with Gasteiger partial charge < -0.3 is 4.98 Å². The van der Waals surface area contributed by atoms with Crippen LogP contribution >= 0.6 is 11.8 Å². The molecule has 1 N–H and O–H groups in total. The molecule has 0 aromatic carbocycles. The molecule has 0 aliphatic carbocycles. The molecule has 2 heterocycles. The van der Waals surface area contributed by atoms with Gasteiger partial charge in [0, 0.05) is 29.4 Å². The molecule has 0 amide bonds. The number of nitrogens with zero attached hydrogens (tertiary/aromatic N) is 2. The SMILES string of the molecule is CC=Cc1c(CSc2nc(C)cc(=O)[nH]2)ccnc1C. The second kappa shape index (κ2) is 6.52. The highest BCUT2D eigenvalue weighted by atomic mass is 32.2. The molecule has 0 saturated heterocycles. The lowest BCUT2D eigenvalue weighted by Gasteiger charge is -2.08. The van der Waals surface area contributed by atoms with Gasteiger partial charge in [-0.1, -0.05) is 23.9 Å². The Balaban J connectivity index is 2.23. The van der Waals surface area contributed by atoms with Crippen LogP contribution in [0.3, 0.4) is 0 Å². The zero-order valence-corrected chi connectivity index (χ0v) is 12.6. The first-order valence-electron chi connectivity index (χ1n) is 6.38. The molecular formula is C15H17N3OS. The highest BCUT2D eigenvalue weighted by Crippen LogP contribution is 2.23. The van der Waals surface area contributed by atoms with Gasteiger partial charge >= 0.3 is 0 Å². The number of allylic oxidation sites excluding steroid dienone is 1. The Morgan fingerprint density at radius 1 is 1.40 bits per heavy atom. The standard InChI is InChI=1S/C15H17N3OS/c1-4-5-13-11(3)16-7-6-12(13)9-20-15-17-10(2)8-14(19)18-15/h4-8H,9H2,1-3H3,(H,17,18,19). The number of aryl methyl sites for hydroxylation is 2. The number of aromatic nitrogens is 3. The average molecular weight is 287 g/mol. The lowest BCUT2D eigenvalue weighted by molar-refractivity contribution is 0.905. The highest BCUT2D eigenvalue weighted by molar-refractivity contribution is 7.98. The minimum absolute atomic E-state index is 0.111. The molecule has 0 aliphatic rings. The van der Waals surface area contributed by atoms with Gasteiger partial charge in [-0.25, -0.2) is 4.98 Å². The van der Waals surface area contributed by atoms with Gasteiger partial charge in [-0.2, -0.15) is 0 Å². The van der Waals surface area contributed by atoms with E-state index >= 15 is 0 Å². The fraction of sp³-hybridized carbons (Fsp3) is 0.267. The monoisotopic (exact) mass is 287 g/mol. The molecule has 2 aromatic heterocycles. The molecule has 0 radical (unpaired) electrons. The second-order valence-corrected chi connectivity index (χ2v) is 5.41. The van der Waals surface area contributed by atoms with Crippen molar-refractivity contribution in [2.45, 2.75) is 31.7 Å². The first-order chi connectivity index (χ1) is 9.60. The van der Waals surface area contributed by atoms with Gasteiger partial charge in [0.2, 0.25) is 0 Å². The Labute approximate surface area is 122 Å². The normalized spacial score (nSPS) is 11.2. The van der Waals surface area contributed by atoms with Gasteiger partial charge in [0.25, 0.3) is 5.56 Å². The van der Waals surface area contributed by atoms with Crippen LogP contribution in [-0.4, -0.2) is 15.0 Å². The molecule has 0 saturated carbocycles. The second-order valence-electron chi connectivity index (χ2n) is 4.45. The van der Waals surface area contributed by atoms with Crippen molar-refractivity contribution in [2.24, 2.45) is 0 Å². The van der Waals surface area contributed by atoms with E-state index < -0.39 is 0 Å². The van der Waals surface area contributed by atoms with Crippen molar-refractivity contribution in [3.05, 3.63) is 57.3 Å². The summed E-state index contributed by atoms with van der Waals surface area (Å²) in [5, 5.41) is 0.649. The van der Waals surface area contributed by atoms with E-state index in [1.54, 1.807) is 0 Å². The Hall–Kier alpha value is -1.88. The predicted octanol–water partition coefficient (Wildman–Crippen LogP) is 3.11. The zero-order valence-electron chi connectivity index (χ0n) is 11.8. The van der Waals surface area contributed by atoms with E-state index in [2.05, 4.69) is 21.0 Å². The summed E-state index contributed by atoms with van der Waals surface area (Å²) in [5.74, 6) is 0.745.